The van der Waals surface area contributed by atoms with Gasteiger partial charge in [-0.2, -0.15) is 20.2 Å². The molecule has 0 aliphatic carbocycles. The van der Waals surface area contributed by atoms with Gasteiger partial charge >= 0.3 is 6.09 Å². The van der Waals surface area contributed by atoms with E-state index in [1.54, 1.807) is 10.9 Å². The first-order valence-corrected chi connectivity index (χ1v) is 10.9. The van der Waals surface area contributed by atoms with E-state index < -0.39 is 12.2 Å². The molecule has 172 valence electrons. The van der Waals surface area contributed by atoms with Gasteiger partial charge in [-0.3, -0.25) is 9.78 Å². The number of ether oxygens (including phenoxy) is 1. The number of hydrogen-bond acceptors (Lipinski definition) is 7. The summed E-state index contributed by atoms with van der Waals surface area (Å²) in [4.78, 5) is 22.4. The van der Waals surface area contributed by atoms with Crippen LogP contribution < -0.4 is 10.1 Å². The van der Waals surface area contributed by atoms with E-state index >= 15 is 0 Å². The van der Waals surface area contributed by atoms with Crippen molar-refractivity contribution in [1.82, 2.24) is 34.8 Å². The minimum Gasteiger partial charge on any atom is -0.471 e. The lowest BCUT2D eigenvalue weighted by Gasteiger charge is -2.46. The van der Waals surface area contributed by atoms with Crippen molar-refractivity contribution in [2.75, 3.05) is 11.9 Å². The molecule has 12 heteroatoms. The summed E-state index contributed by atoms with van der Waals surface area (Å²) in [5.74, 6) is 0.548. The largest absolute Gasteiger partial charge is 0.471 e. The number of rotatable bonds is 5. The number of nitrogens with one attached hydrogen (secondary N) is 2. The second kappa shape index (κ2) is 8.45. The van der Waals surface area contributed by atoms with Gasteiger partial charge in [-0.1, -0.05) is 32.4 Å². The van der Waals surface area contributed by atoms with Gasteiger partial charge in [-0.25, -0.2) is 4.79 Å². The van der Waals surface area contributed by atoms with Crippen molar-refractivity contribution in [3.63, 3.8) is 0 Å². The molecule has 1 amide bonds. The minimum atomic E-state index is -0.956. The van der Waals surface area contributed by atoms with Crippen LogP contribution in [0.1, 0.15) is 40.5 Å². The molecule has 4 heterocycles. The first-order valence-electron chi connectivity index (χ1n) is 10.5. The summed E-state index contributed by atoms with van der Waals surface area (Å²) >= 11 is 6.29. The van der Waals surface area contributed by atoms with E-state index in [2.05, 4.69) is 30.6 Å². The summed E-state index contributed by atoms with van der Waals surface area (Å²) in [6.45, 7) is 9.23. The van der Waals surface area contributed by atoms with Crippen LogP contribution in [0.25, 0.3) is 11.0 Å². The number of carboxylic acid groups (broad SMARTS) is 1. The number of fused-ring (bicyclic) bond motifs is 1. The number of amides is 1. The fraction of sp³-hybridized carbons (Fsp3) is 0.550. The molecule has 1 aliphatic heterocycles. The summed E-state index contributed by atoms with van der Waals surface area (Å²) in [5.41, 5.74) is 0.805. The van der Waals surface area contributed by atoms with Gasteiger partial charge in [-0.05, 0) is 25.2 Å². The molecule has 3 aromatic rings. The van der Waals surface area contributed by atoms with E-state index in [0.29, 0.717) is 36.4 Å². The third-order valence-corrected chi connectivity index (χ3v) is 5.80. The third kappa shape index (κ3) is 4.29. The van der Waals surface area contributed by atoms with Gasteiger partial charge in [0.2, 0.25) is 11.8 Å². The maximum Gasteiger partial charge on any atom is 0.407 e. The van der Waals surface area contributed by atoms with E-state index in [1.807, 2.05) is 33.9 Å². The van der Waals surface area contributed by atoms with Crippen LogP contribution in [0.4, 0.5) is 16.4 Å². The standard InChI is InChI=1S/C20H27ClN8O3/c1-5-28-10-11(9-22-28)23-18-24-16-13(15(21)26-27-16)17(25-18)32-12-7-6-8-29(19(30)31)14(12)20(2,3)4/h9-10,12,14H,5-8H2,1-4H3,(H,30,31)(H2,23,24,25,26,27). The van der Waals surface area contributed by atoms with Crippen LogP contribution in [0.2, 0.25) is 5.15 Å². The average Bonchev–Trinajstić information content (AvgIpc) is 3.33. The number of piperidine rings is 1. The van der Waals surface area contributed by atoms with Crippen molar-refractivity contribution in [2.24, 2.45) is 5.41 Å². The molecule has 0 bridgehead atoms. The van der Waals surface area contributed by atoms with E-state index in [0.717, 1.165) is 12.2 Å². The lowest BCUT2D eigenvalue weighted by atomic mass is 9.79. The van der Waals surface area contributed by atoms with Gasteiger partial charge < -0.3 is 20.1 Å². The molecule has 3 N–H and O–H groups in total. The minimum absolute atomic E-state index is 0.193. The Morgan fingerprint density at radius 1 is 1.41 bits per heavy atom. The van der Waals surface area contributed by atoms with Gasteiger partial charge in [0, 0.05) is 19.3 Å². The molecule has 2 atom stereocenters. The van der Waals surface area contributed by atoms with Gasteiger partial charge in [0.05, 0.1) is 17.9 Å². The summed E-state index contributed by atoms with van der Waals surface area (Å²) in [6.07, 6.45) is 3.55. The summed E-state index contributed by atoms with van der Waals surface area (Å²) in [6, 6.07) is -0.358. The monoisotopic (exact) mass is 462 g/mol. The molecule has 0 aromatic carbocycles. The lowest BCUT2D eigenvalue weighted by molar-refractivity contribution is -0.0195. The van der Waals surface area contributed by atoms with E-state index in [1.165, 1.54) is 4.90 Å². The summed E-state index contributed by atoms with van der Waals surface area (Å²) < 4.78 is 8.15. The Labute approximate surface area is 190 Å². The number of aromatic amines is 1. The number of anilines is 2. The van der Waals surface area contributed by atoms with Crippen LogP contribution in [0.15, 0.2) is 12.4 Å². The Morgan fingerprint density at radius 3 is 2.84 bits per heavy atom. The maximum atomic E-state index is 11.9. The quantitative estimate of drug-likeness (QED) is 0.519. The molecule has 3 aromatic heterocycles. The van der Waals surface area contributed by atoms with E-state index in [-0.39, 0.29) is 22.5 Å². The van der Waals surface area contributed by atoms with Crippen LogP contribution in [0.3, 0.4) is 0 Å². The van der Waals surface area contributed by atoms with Gasteiger partial charge in [0.1, 0.15) is 11.5 Å². The first kappa shape index (κ1) is 22.1. The van der Waals surface area contributed by atoms with Crippen molar-refractivity contribution in [2.45, 2.75) is 59.2 Å². The zero-order chi connectivity index (χ0) is 23.0. The molecule has 0 saturated carbocycles. The Hall–Kier alpha value is -3.08. The molecule has 1 saturated heterocycles. The zero-order valence-electron chi connectivity index (χ0n) is 18.5. The van der Waals surface area contributed by atoms with Gasteiger partial charge in [-0.15, -0.1) is 0 Å². The molecular formula is C20H27ClN8O3. The third-order valence-electron chi connectivity index (χ3n) is 5.53. The Balaban J connectivity index is 1.70. The molecule has 11 nitrogen and oxygen atoms in total. The summed E-state index contributed by atoms with van der Waals surface area (Å²) in [5, 5.41) is 24.6. The van der Waals surface area contributed by atoms with Crippen LogP contribution >= 0.6 is 11.6 Å². The molecule has 32 heavy (non-hydrogen) atoms. The number of likely N-dealkylation sites (tertiary alicyclic amines) is 1. The summed E-state index contributed by atoms with van der Waals surface area (Å²) in [7, 11) is 0. The van der Waals surface area contributed by atoms with Crippen LogP contribution in [0.5, 0.6) is 5.88 Å². The van der Waals surface area contributed by atoms with Gasteiger partial charge in [0.25, 0.3) is 0 Å². The fourth-order valence-corrected chi connectivity index (χ4v) is 4.42. The van der Waals surface area contributed by atoms with Crippen molar-refractivity contribution in [1.29, 1.82) is 0 Å². The maximum absolute atomic E-state index is 11.9. The highest BCUT2D eigenvalue weighted by molar-refractivity contribution is 6.34. The molecule has 1 aliphatic rings. The molecule has 0 radical (unpaired) electrons. The van der Waals surface area contributed by atoms with Crippen LogP contribution in [-0.4, -0.2) is 64.7 Å². The normalized spacial score (nSPS) is 19.3. The first-order chi connectivity index (χ1) is 15.2. The van der Waals surface area contributed by atoms with Crippen molar-refractivity contribution >= 4 is 40.4 Å². The van der Waals surface area contributed by atoms with E-state index in [4.69, 9.17) is 16.3 Å². The second-order valence-corrected chi connectivity index (χ2v) is 9.24. The van der Waals surface area contributed by atoms with Crippen LogP contribution in [-0.2, 0) is 6.54 Å². The Kier molecular flexibility index (Phi) is 5.85. The molecule has 2 unspecified atom stereocenters. The Morgan fingerprint density at radius 2 is 2.19 bits per heavy atom. The molecule has 4 rings (SSSR count). The van der Waals surface area contributed by atoms with Gasteiger partial charge in [0.15, 0.2) is 10.8 Å². The van der Waals surface area contributed by atoms with Crippen LogP contribution in [0, 0.1) is 5.41 Å². The highest BCUT2D eigenvalue weighted by atomic mass is 35.5. The highest BCUT2D eigenvalue weighted by Gasteiger charge is 2.43. The zero-order valence-corrected chi connectivity index (χ0v) is 19.2. The highest BCUT2D eigenvalue weighted by Crippen LogP contribution is 2.37. The predicted molar refractivity (Wildman–Crippen MR) is 120 cm³/mol. The number of hydrogen-bond donors (Lipinski definition) is 3. The number of aryl methyl sites for hydroxylation is 1. The van der Waals surface area contributed by atoms with E-state index in [9.17, 15) is 9.90 Å². The number of H-pyrrole nitrogens is 1. The second-order valence-electron chi connectivity index (χ2n) is 8.89. The topological polar surface area (TPSA) is 134 Å². The SMILES string of the molecule is CCn1cc(Nc2nc(OC3CCCN(C(=O)O)C3C(C)(C)C)c3c(Cl)n[nH]c3n2)cn1. The number of carbonyl (C=O) groups is 1. The van der Waals surface area contributed by atoms with Crippen molar-refractivity contribution < 1.29 is 14.6 Å². The number of halogens is 1. The predicted octanol–water partition coefficient (Wildman–Crippen LogP) is 3.90. The van der Waals surface area contributed by atoms with Crippen molar-refractivity contribution in [3.05, 3.63) is 17.5 Å². The molecular weight excluding hydrogens is 436 g/mol. The molecule has 1 fully saturated rings. The lowest BCUT2D eigenvalue weighted by Crippen LogP contribution is -2.58. The number of aromatic nitrogens is 6. The van der Waals surface area contributed by atoms with Crippen molar-refractivity contribution in [3.8, 4) is 5.88 Å². The average molecular weight is 463 g/mol. The fourth-order valence-electron chi connectivity index (χ4n) is 4.20. The number of nitrogens with zero attached hydrogens (tertiary/aromatic N) is 6. The smallest absolute Gasteiger partial charge is 0.407 e. The Bertz CT molecular complexity index is 1120. The molecule has 0 spiro atoms.